The van der Waals surface area contributed by atoms with E-state index < -0.39 is 6.10 Å². The molecule has 0 bridgehead atoms. The van der Waals surface area contributed by atoms with E-state index in [1.165, 1.54) is 0 Å². The number of carbonyl (C=O) groups is 1. The van der Waals surface area contributed by atoms with Crippen molar-refractivity contribution in [1.82, 2.24) is 20.3 Å². The Bertz CT molecular complexity index is 1060. The molecule has 1 fully saturated rings. The van der Waals surface area contributed by atoms with Crippen LogP contribution < -0.4 is 10.2 Å². The van der Waals surface area contributed by atoms with Crippen LogP contribution in [0.3, 0.4) is 0 Å². The second kappa shape index (κ2) is 7.84. The van der Waals surface area contributed by atoms with Gasteiger partial charge in [-0.25, -0.2) is 9.97 Å². The summed E-state index contributed by atoms with van der Waals surface area (Å²) in [5.74, 6) is 1.24. The van der Waals surface area contributed by atoms with E-state index in [1.807, 2.05) is 42.5 Å². The molecule has 7 heteroatoms. The minimum Gasteiger partial charge on any atom is -0.391 e. The first-order chi connectivity index (χ1) is 14.7. The fourth-order valence-electron chi connectivity index (χ4n) is 4.30. The van der Waals surface area contributed by atoms with Crippen LogP contribution in [-0.4, -0.2) is 51.7 Å². The molecule has 1 aromatic carbocycles. The Morgan fingerprint density at radius 2 is 1.87 bits per heavy atom. The van der Waals surface area contributed by atoms with E-state index in [2.05, 4.69) is 20.2 Å². The molecule has 0 aliphatic carbocycles. The molecule has 0 spiro atoms. The largest absolute Gasteiger partial charge is 0.391 e. The lowest BCUT2D eigenvalue weighted by molar-refractivity contribution is 0.0940. The summed E-state index contributed by atoms with van der Waals surface area (Å²) in [6, 6.07) is 13.7. The van der Waals surface area contributed by atoms with Gasteiger partial charge in [0.15, 0.2) is 5.82 Å². The number of amides is 1. The van der Waals surface area contributed by atoms with Crippen molar-refractivity contribution in [3.05, 3.63) is 71.7 Å². The van der Waals surface area contributed by atoms with E-state index in [0.29, 0.717) is 37.6 Å². The van der Waals surface area contributed by atoms with Crippen LogP contribution in [0.1, 0.15) is 21.6 Å². The molecule has 3 aromatic rings. The summed E-state index contributed by atoms with van der Waals surface area (Å²) in [6.45, 7) is 1.75. The van der Waals surface area contributed by atoms with Gasteiger partial charge in [-0.15, -0.1) is 0 Å². The van der Waals surface area contributed by atoms with Gasteiger partial charge in [0.2, 0.25) is 0 Å². The molecule has 1 saturated heterocycles. The Morgan fingerprint density at radius 3 is 2.67 bits per heavy atom. The summed E-state index contributed by atoms with van der Waals surface area (Å²) in [7, 11) is 0. The number of nitrogens with zero attached hydrogens (tertiary/aromatic N) is 4. The second-order valence-corrected chi connectivity index (χ2v) is 7.86. The number of nitrogens with one attached hydrogen (secondary N) is 1. The number of anilines is 1. The monoisotopic (exact) mass is 401 g/mol. The molecule has 0 radical (unpaired) electrons. The van der Waals surface area contributed by atoms with Crippen LogP contribution in [0, 0.1) is 5.92 Å². The van der Waals surface area contributed by atoms with Crippen LogP contribution in [0.5, 0.6) is 0 Å². The van der Waals surface area contributed by atoms with Gasteiger partial charge < -0.3 is 15.3 Å². The number of carbonyl (C=O) groups excluding carboxylic acids is 1. The zero-order valence-corrected chi connectivity index (χ0v) is 16.5. The normalized spacial score (nSPS) is 20.7. The summed E-state index contributed by atoms with van der Waals surface area (Å²) < 4.78 is 0. The molecule has 2 aliphatic heterocycles. The molecule has 4 heterocycles. The summed E-state index contributed by atoms with van der Waals surface area (Å²) in [4.78, 5) is 28.2. The van der Waals surface area contributed by atoms with Gasteiger partial charge in [0.1, 0.15) is 11.5 Å². The average Bonchev–Trinajstić information content (AvgIpc) is 3.15. The number of fused-ring (bicyclic) bond motifs is 1. The van der Waals surface area contributed by atoms with E-state index in [-0.39, 0.29) is 11.8 Å². The molecule has 0 unspecified atom stereocenters. The molecule has 7 nitrogen and oxygen atoms in total. The Hall–Kier alpha value is -3.32. The number of β-amino-alcohol motifs (C(OH)–C–C–N with tert-alkyl or cyclic N) is 1. The number of aromatic nitrogens is 3. The molecule has 1 amide bonds. The number of aliphatic hydroxyl groups is 1. The van der Waals surface area contributed by atoms with Gasteiger partial charge in [0.05, 0.1) is 6.10 Å². The molecule has 30 heavy (non-hydrogen) atoms. The molecule has 2 aromatic heterocycles. The quantitative estimate of drug-likeness (QED) is 0.694. The van der Waals surface area contributed by atoms with E-state index in [4.69, 9.17) is 4.98 Å². The van der Waals surface area contributed by atoms with Crippen molar-refractivity contribution in [2.75, 3.05) is 24.5 Å². The zero-order valence-electron chi connectivity index (χ0n) is 16.5. The highest BCUT2D eigenvalue weighted by Gasteiger charge is 2.35. The zero-order chi connectivity index (χ0) is 20.5. The SMILES string of the molecule is O=C1NCCc2c1nc(-c1ccccc1)nc2N1C[C@@H](Cc2ccncc2)[C@H](O)C1. The van der Waals surface area contributed by atoms with Crippen LogP contribution in [0.25, 0.3) is 11.4 Å². The minimum absolute atomic E-state index is 0.0932. The van der Waals surface area contributed by atoms with E-state index in [9.17, 15) is 9.90 Å². The highest BCUT2D eigenvalue weighted by Crippen LogP contribution is 2.32. The van der Waals surface area contributed by atoms with Gasteiger partial charge in [0, 0.05) is 49.1 Å². The lowest BCUT2D eigenvalue weighted by Gasteiger charge is -2.25. The van der Waals surface area contributed by atoms with Crippen molar-refractivity contribution in [2.45, 2.75) is 18.9 Å². The van der Waals surface area contributed by atoms with Crippen LogP contribution >= 0.6 is 0 Å². The number of pyridine rings is 1. The van der Waals surface area contributed by atoms with Gasteiger partial charge in [-0.05, 0) is 30.5 Å². The van der Waals surface area contributed by atoms with Crippen LogP contribution in [0.15, 0.2) is 54.9 Å². The molecule has 0 saturated carbocycles. The number of hydrogen-bond acceptors (Lipinski definition) is 6. The van der Waals surface area contributed by atoms with Gasteiger partial charge in [-0.3, -0.25) is 9.78 Å². The molecular formula is C23H23N5O2. The lowest BCUT2D eigenvalue weighted by atomic mass is 9.97. The number of rotatable bonds is 4. The van der Waals surface area contributed by atoms with Gasteiger partial charge in [-0.1, -0.05) is 30.3 Å². The van der Waals surface area contributed by atoms with E-state index in [1.54, 1.807) is 12.4 Å². The molecule has 2 N–H and O–H groups in total. The standard InChI is InChI=1S/C23H23N5O2/c29-19-14-28(13-17(19)12-15-6-9-24-10-7-15)22-18-8-11-25-23(30)20(18)26-21(27-22)16-4-2-1-3-5-16/h1-7,9-10,17,19,29H,8,11-14H2,(H,25,30)/t17-,19-/m1/s1. The van der Waals surface area contributed by atoms with Crippen molar-refractivity contribution in [3.63, 3.8) is 0 Å². The van der Waals surface area contributed by atoms with Gasteiger partial charge in [0.25, 0.3) is 5.91 Å². The van der Waals surface area contributed by atoms with Crippen LogP contribution in [0.4, 0.5) is 5.82 Å². The summed E-state index contributed by atoms with van der Waals surface area (Å²) in [6.07, 6.45) is 4.56. The number of hydrogen-bond donors (Lipinski definition) is 2. The summed E-state index contributed by atoms with van der Waals surface area (Å²) in [5.41, 5.74) is 3.34. The maximum absolute atomic E-state index is 12.5. The maximum atomic E-state index is 12.5. The predicted octanol–water partition coefficient (Wildman–Crippen LogP) is 1.86. The smallest absolute Gasteiger partial charge is 0.270 e. The Labute approximate surface area is 174 Å². The van der Waals surface area contributed by atoms with Gasteiger partial charge >= 0.3 is 0 Å². The Balaban J connectivity index is 1.50. The summed E-state index contributed by atoms with van der Waals surface area (Å²) in [5, 5.41) is 13.6. The Morgan fingerprint density at radius 1 is 1.07 bits per heavy atom. The average molecular weight is 401 g/mol. The predicted molar refractivity (Wildman–Crippen MR) is 113 cm³/mol. The lowest BCUT2D eigenvalue weighted by Crippen LogP contribution is -2.35. The Kier molecular flexibility index (Phi) is 4.88. The first-order valence-corrected chi connectivity index (χ1v) is 10.3. The third-order valence-corrected chi connectivity index (χ3v) is 5.85. The first kappa shape index (κ1) is 18.7. The molecular weight excluding hydrogens is 378 g/mol. The van der Waals surface area contributed by atoms with Crippen molar-refractivity contribution in [3.8, 4) is 11.4 Å². The third-order valence-electron chi connectivity index (χ3n) is 5.85. The first-order valence-electron chi connectivity index (χ1n) is 10.3. The van der Waals surface area contributed by atoms with Crippen molar-refractivity contribution >= 4 is 11.7 Å². The fraction of sp³-hybridized carbons (Fsp3) is 0.304. The van der Waals surface area contributed by atoms with E-state index in [0.717, 1.165) is 28.9 Å². The highest BCUT2D eigenvalue weighted by molar-refractivity contribution is 5.96. The molecule has 152 valence electrons. The number of aliphatic hydroxyl groups excluding tert-OH is 1. The minimum atomic E-state index is -0.457. The van der Waals surface area contributed by atoms with Crippen molar-refractivity contribution in [1.29, 1.82) is 0 Å². The molecule has 2 atom stereocenters. The van der Waals surface area contributed by atoms with Crippen molar-refractivity contribution < 1.29 is 9.90 Å². The number of benzene rings is 1. The maximum Gasteiger partial charge on any atom is 0.270 e. The second-order valence-electron chi connectivity index (χ2n) is 7.86. The molecule has 5 rings (SSSR count). The van der Waals surface area contributed by atoms with Crippen molar-refractivity contribution in [2.24, 2.45) is 5.92 Å². The highest BCUT2D eigenvalue weighted by atomic mass is 16.3. The molecule has 2 aliphatic rings. The third kappa shape index (κ3) is 3.52. The topological polar surface area (TPSA) is 91.2 Å². The summed E-state index contributed by atoms with van der Waals surface area (Å²) >= 11 is 0. The van der Waals surface area contributed by atoms with Crippen LogP contribution in [0.2, 0.25) is 0 Å². The van der Waals surface area contributed by atoms with Gasteiger partial charge in [-0.2, -0.15) is 0 Å². The van der Waals surface area contributed by atoms with Crippen LogP contribution in [-0.2, 0) is 12.8 Å². The fourth-order valence-corrected chi connectivity index (χ4v) is 4.30. The van der Waals surface area contributed by atoms with E-state index >= 15 is 0 Å².